The minimum atomic E-state index is -4.39. The molecule has 1 aromatic heterocycles. The first-order chi connectivity index (χ1) is 14.4. The highest BCUT2D eigenvalue weighted by Crippen LogP contribution is 2.24. The lowest BCUT2D eigenvalue weighted by Gasteiger charge is -2.32. The zero-order valence-electron chi connectivity index (χ0n) is 16.8. The largest absolute Gasteiger partial charge is 0.494 e. The number of ether oxygens (including phenoxy) is 1. The number of halogens is 3. The molecule has 6 nitrogen and oxygen atoms in total. The van der Waals surface area contributed by atoms with Crippen LogP contribution in [0.2, 0.25) is 0 Å². The van der Waals surface area contributed by atoms with Crippen LogP contribution < -0.4 is 9.64 Å². The summed E-state index contributed by atoms with van der Waals surface area (Å²) in [5, 5.41) is 11.7. The van der Waals surface area contributed by atoms with Crippen LogP contribution in [0.1, 0.15) is 30.5 Å². The van der Waals surface area contributed by atoms with Crippen molar-refractivity contribution in [2.24, 2.45) is 11.1 Å². The first kappa shape index (κ1) is 21.9. The van der Waals surface area contributed by atoms with Crippen molar-refractivity contribution < 1.29 is 22.7 Å². The molecule has 2 heterocycles. The van der Waals surface area contributed by atoms with E-state index in [0.29, 0.717) is 18.1 Å². The van der Waals surface area contributed by atoms with E-state index in [2.05, 4.69) is 25.1 Å². The van der Waals surface area contributed by atoms with Crippen LogP contribution in [0.4, 0.5) is 19.0 Å². The van der Waals surface area contributed by atoms with Crippen molar-refractivity contribution in [2.75, 3.05) is 31.2 Å². The summed E-state index contributed by atoms with van der Waals surface area (Å²) in [4.78, 5) is 6.47. The minimum absolute atomic E-state index is 0.608. The molecule has 162 valence electrons. The molecule has 1 saturated heterocycles. The molecule has 3 rings (SSSR count). The maximum atomic E-state index is 12.0. The number of hydrogen-bond donors (Lipinski definition) is 0. The minimum Gasteiger partial charge on any atom is -0.494 e. The molecule has 30 heavy (non-hydrogen) atoms. The van der Waals surface area contributed by atoms with Gasteiger partial charge in [0.2, 0.25) is 6.61 Å². The zero-order valence-corrected chi connectivity index (χ0v) is 16.8. The summed E-state index contributed by atoms with van der Waals surface area (Å²) in [5.41, 5.74) is 1.55. The van der Waals surface area contributed by atoms with Crippen molar-refractivity contribution >= 4 is 12.0 Å². The van der Waals surface area contributed by atoms with Gasteiger partial charge in [-0.25, -0.2) is 0 Å². The van der Waals surface area contributed by atoms with Crippen LogP contribution in [0.3, 0.4) is 0 Å². The molecule has 1 aliphatic rings. The van der Waals surface area contributed by atoms with Gasteiger partial charge in [-0.1, -0.05) is 5.16 Å². The third kappa shape index (κ3) is 7.20. The average molecular weight is 422 g/mol. The summed E-state index contributed by atoms with van der Waals surface area (Å²) in [5.74, 6) is 2.26. The molecule has 1 fully saturated rings. The highest BCUT2D eigenvalue weighted by atomic mass is 19.4. The number of alkyl halides is 3. The normalized spacial score (nSPS) is 15.5. The van der Waals surface area contributed by atoms with Gasteiger partial charge in [0.15, 0.2) is 5.82 Å². The third-order valence-corrected chi connectivity index (χ3v) is 4.90. The van der Waals surface area contributed by atoms with Crippen LogP contribution in [0.25, 0.3) is 0 Å². The number of aromatic nitrogens is 2. The molecule has 0 atom stereocenters. The van der Waals surface area contributed by atoms with Gasteiger partial charge in [-0.05, 0) is 74.1 Å². The molecule has 1 aliphatic heterocycles. The first-order valence-corrected chi connectivity index (χ1v) is 9.89. The van der Waals surface area contributed by atoms with Crippen molar-refractivity contribution in [3.63, 3.8) is 0 Å². The van der Waals surface area contributed by atoms with E-state index < -0.39 is 12.8 Å². The van der Waals surface area contributed by atoms with Crippen molar-refractivity contribution in [1.29, 1.82) is 0 Å². The number of hydrogen-bond acceptors (Lipinski definition) is 6. The monoisotopic (exact) mass is 422 g/mol. The highest BCUT2D eigenvalue weighted by Gasteiger charge is 2.28. The van der Waals surface area contributed by atoms with E-state index in [9.17, 15) is 13.2 Å². The molecule has 0 aliphatic carbocycles. The van der Waals surface area contributed by atoms with Crippen molar-refractivity contribution in [2.45, 2.75) is 32.4 Å². The molecular weight excluding hydrogens is 397 g/mol. The summed E-state index contributed by atoms with van der Waals surface area (Å²) >= 11 is 0. The summed E-state index contributed by atoms with van der Waals surface area (Å²) in [6.45, 7) is 3.08. The number of piperidine rings is 1. The maximum absolute atomic E-state index is 12.0. The average Bonchev–Trinajstić information content (AvgIpc) is 2.73. The Morgan fingerprint density at radius 2 is 1.83 bits per heavy atom. The number of benzene rings is 1. The molecule has 1 aromatic carbocycles. The maximum Gasteiger partial charge on any atom is 0.425 e. The SMILES string of the molecule is Cc1ccc(N2CCC(CCOc3ccc(/C=N/OCC(F)(F)F)cc3)CC2)nn1. The fourth-order valence-electron chi connectivity index (χ4n) is 3.21. The van der Waals surface area contributed by atoms with Crippen LogP contribution >= 0.6 is 0 Å². The van der Waals surface area contributed by atoms with Gasteiger partial charge in [0.1, 0.15) is 5.75 Å². The lowest BCUT2D eigenvalue weighted by molar-refractivity contribution is -0.173. The molecule has 2 aromatic rings. The van der Waals surface area contributed by atoms with Gasteiger partial charge in [0.05, 0.1) is 18.5 Å². The van der Waals surface area contributed by atoms with Crippen LogP contribution in [-0.2, 0) is 4.84 Å². The smallest absolute Gasteiger partial charge is 0.425 e. The molecule has 0 amide bonds. The Kier molecular flexibility index (Phi) is 7.48. The number of rotatable bonds is 8. The second-order valence-electron chi connectivity index (χ2n) is 7.29. The summed E-state index contributed by atoms with van der Waals surface area (Å²) < 4.78 is 41.7. The summed E-state index contributed by atoms with van der Waals surface area (Å²) in [6.07, 6.45) is 0.00253. The molecule has 0 saturated carbocycles. The lowest BCUT2D eigenvalue weighted by Crippen LogP contribution is -2.34. The summed E-state index contributed by atoms with van der Waals surface area (Å²) in [6, 6.07) is 11.0. The Morgan fingerprint density at radius 1 is 1.10 bits per heavy atom. The zero-order chi connectivity index (χ0) is 21.4. The van der Waals surface area contributed by atoms with Crippen LogP contribution in [0.15, 0.2) is 41.6 Å². The van der Waals surface area contributed by atoms with E-state index in [1.165, 1.54) is 6.21 Å². The van der Waals surface area contributed by atoms with Gasteiger partial charge in [-0.15, -0.1) is 5.10 Å². The van der Waals surface area contributed by atoms with E-state index in [4.69, 9.17) is 4.74 Å². The number of aryl methyl sites for hydroxylation is 1. The van der Waals surface area contributed by atoms with Gasteiger partial charge in [0, 0.05) is 13.1 Å². The Morgan fingerprint density at radius 3 is 2.47 bits per heavy atom. The number of anilines is 1. The molecule has 0 radical (unpaired) electrons. The van der Waals surface area contributed by atoms with Gasteiger partial charge in [0.25, 0.3) is 0 Å². The predicted octanol–water partition coefficient (Wildman–Crippen LogP) is 4.38. The topological polar surface area (TPSA) is 59.8 Å². The van der Waals surface area contributed by atoms with Gasteiger partial charge in [-0.3, -0.25) is 0 Å². The van der Waals surface area contributed by atoms with Gasteiger partial charge in [-0.2, -0.15) is 18.3 Å². The second kappa shape index (κ2) is 10.3. The van der Waals surface area contributed by atoms with Crippen LogP contribution in [0, 0.1) is 12.8 Å². The molecule has 0 N–H and O–H groups in total. The molecule has 0 spiro atoms. The number of nitrogens with zero attached hydrogens (tertiary/aromatic N) is 4. The Bertz CT molecular complexity index is 802. The van der Waals surface area contributed by atoms with Crippen molar-refractivity contribution in [3.8, 4) is 5.75 Å². The standard InChI is InChI=1S/C21H25F3N4O2/c1-16-2-7-20(27-26-16)28-11-8-17(9-12-28)10-13-29-19-5-3-18(4-6-19)14-25-30-15-21(22,23)24/h2-7,14,17H,8-13,15H2,1H3/b25-14+. The van der Waals surface area contributed by atoms with Gasteiger partial charge >= 0.3 is 6.18 Å². The van der Waals surface area contributed by atoms with Crippen LogP contribution in [0.5, 0.6) is 5.75 Å². The fraction of sp³-hybridized carbons (Fsp3) is 0.476. The van der Waals surface area contributed by atoms with Gasteiger partial charge < -0.3 is 14.5 Å². The van der Waals surface area contributed by atoms with Crippen molar-refractivity contribution in [3.05, 3.63) is 47.7 Å². The van der Waals surface area contributed by atoms with Crippen LogP contribution in [-0.4, -0.2) is 48.9 Å². The predicted molar refractivity (Wildman–Crippen MR) is 108 cm³/mol. The lowest BCUT2D eigenvalue weighted by atomic mass is 9.94. The molecule has 0 bridgehead atoms. The highest BCUT2D eigenvalue weighted by molar-refractivity contribution is 5.79. The molecule has 9 heteroatoms. The third-order valence-electron chi connectivity index (χ3n) is 4.90. The van der Waals surface area contributed by atoms with E-state index in [1.54, 1.807) is 24.3 Å². The van der Waals surface area contributed by atoms with E-state index in [1.807, 2.05) is 19.1 Å². The quantitative estimate of drug-likeness (QED) is 0.467. The van der Waals surface area contributed by atoms with E-state index in [0.717, 1.165) is 49.6 Å². The first-order valence-electron chi connectivity index (χ1n) is 9.89. The second-order valence-corrected chi connectivity index (χ2v) is 7.29. The van der Waals surface area contributed by atoms with Crippen molar-refractivity contribution in [1.82, 2.24) is 10.2 Å². The number of oxime groups is 1. The Labute approximate surface area is 173 Å². The van der Waals surface area contributed by atoms with E-state index >= 15 is 0 Å². The summed E-state index contributed by atoms with van der Waals surface area (Å²) in [7, 11) is 0. The fourth-order valence-corrected chi connectivity index (χ4v) is 3.21. The van der Waals surface area contributed by atoms with E-state index in [-0.39, 0.29) is 0 Å². The molecule has 0 unspecified atom stereocenters. The Balaban J connectivity index is 1.34. The molecular formula is C21H25F3N4O2. The Hall–Kier alpha value is -2.84.